The van der Waals surface area contributed by atoms with Crippen molar-refractivity contribution in [2.75, 3.05) is 26.2 Å². The van der Waals surface area contributed by atoms with Crippen molar-refractivity contribution in [3.05, 3.63) is 101 Å². The third kappa shape index (κ3) is 5.84. The van der Waals surface area contributed by atoms with Crippen LogP contribution in [0.2, 0.25) is 0 Å². The van der Waals surface area contributed by atoms with Gasteiger partial charge in [-0.3, -0.25) is 9.59 Å². The smallest absolute Gasteiger partial charge is 0.295 e. The zero-order valence-electron chi connectivity index (χ0n) is 21.1. The van der Waals surface area contributed by atoms with Gasteiger partial charge in [0.15, 0.2) is 0 Å². The van der Waals surface area contributed by atoms with E-state index in [1.165, 1.54) is 17.0 Å². The van der Waals surface area contributed by atoms with E-state index in [1.54, 1.807) is 36.4 Å². The second-order valence-corrected chi connectivity index (χ2v) is 8.91. The molecule has 0 aromatic heterocycles. The molecular formula is C30H32N2O5. The second-order valence-electron chi connectivity index (χ2n) is 8.91. The van der Waals surface area contributed by atoms with Crippen molar-refractivity contribution in [1.82, 2.24) is 9.80 Å². The molecule has 0 saturated carbocycles. The van der Waals surface area contributed by atoms with Gasteiger partial charge in [0.1, 0.15) is 23.9 Å². The number of benzene rings is 3. The maximum Gasteiger partial charge on any atom is 0.295 e. The van der Waals surface area contributed by atoms with E-state index in [2.05, 4.69) is 4.90 Å². The average Bonchev–Trinajstić information content (AvgIpc) is 3.18. The molecule has 4 rings (SSSR count). The number of Topliss-reactive ketones (excluding diaryl/α,β-unsaturated/α-hetero) is 1. The third-order valence-electron chi connectivity index (χ3n) is 6.68. The molecule has 7 nitrogen and oxygen atoms in total. The molecule has 1 fully saturated rings. The minimum atomic E-state index is -0.759. The average molecular weight is 501 g/mol. The summed E-state index contributed by atoms with van der Waals surface area (Å²) in [5.41, 5.74) is 2.12. The number of rotatable bonds is 10. The highest BCUT2D eigenvalue weighted by Crippen LogP contribution is 2.39. The van der Waals surface area contributed by atoms with Crippen LogP contribution in [0.5, 0.6) is 11.5 Å². The summed E-state index contributed by atoms with van der Waals surface area (Å²) in [6.07, 6.45) is 0. The first-order valence-electron chi connectivity index (χ1n) is 12.5. The molecule has 1 aliphatic heterocycles. The first kappa shape index (κ1) is 26.0. The number of aliphatic hydroxyl groups is 1. The van der Waals surface area contributed by atoms with Crippen molar-refractivity contribution in [1.29, 1.82) is 0 Å². The van der Waals surface area contributed by atoms with Gasteiger partial charge >= 0.3 is 0 Å². The van der Waals surface area contributed by atoms with Crippen LogP contribution in [0.3, 0.4) is 0 Å². The van der Waals surface area contributed by atoms with Crippen LogP contribution in [0.1, 0.15) is 36.6 Å². The topological polar surface area (TPSA) is 90.3 Å². The summed E-state index contributed by atoms with van der Waals surface area (Å²) in [6, 6.07) is 22.2. The Balaban J connectivity index is 1.64. The minimum Gasteiger partial charge on any atom is -0.508 e. The minimum absolute atomic E-state index is 0.0354. The number of likely N-dealkylation sites (N-methyl/N-ethyl adjacent to an activating group) is 1. The first-order valence-corrected chi connectivity index (χ1v) is 12.5. The highest BCUT2D eigenvalue weighted by molar-refractivity contribution is 6.46. The summed E-state index contributed by atoms with van der Waals surface area (Å²) in [4.78, 5) is 30.0. The fourth-order valence-electron chi connectivity index (χ4n) is 4.51. The van der Waals surface area contributed by atoms with Crippen LogP contribution in [-0.2, 0) is 16.2 Å². The Labute approximate surface area is 217 Å². The van der Waals surface area contributed by atoms with Crippen molar-refractivity contribution in [2.45, 2.75) is 26.5 Å². The molecule has 1 heterocycles. The van der Waals surface area contributed by atoms with E-state index in [-0.39, 0.29) is 17.1 Å². The molecule has 0 bridgehead atoms. The van der Waals surface area contributed by atoms with E-state index in [4.69, 9.17) is 4.74 Å². The van der Waals surface area contributed by atoms with Gasteiger partial charge in [-0.15, -0.1) is 0 Å². The highest BCUT2D eigenvalue weighted by Gasteiger charge is 2.45. The van der Waals surface area contributed by atoms with Gasteiger partial charge in [0.05, 0.1) is 11.6 Å². The van der Waals surface area contributed by atoms with Crippen LogP contribution < -0.4 is 4.74 Å². The molecule has 0 radical (unpaired) electrons. The molecule has 192 valence electrons. The quantitative estimate of drug-likeness (QED) is 0.238. The van der Waals surface area contributed by atoms with Crippen LogP contribution in [0.25, 0.3) is 5.76 Å². The number of ether oxygens (including phenoxy) is 1. The Kier molecular flexibility index (Phi) is 8.25. The molecule has 1 amide bonds. The number of ketones is 1. The zero-order chi connectivity index (χ0) is 26.4. The Morgan fingerprint density at radius 1 is 0.919 bits per heavy atom. The maximum atomic E-state index is 13.2. The standard InChI is InChI=1S/C30H32N2O5/c1-3-31(4-2)18-19-32-27(22-10-14-24(33)15-11-22)26(29(35)30(32)36)28(34)23-12-16-25(17-13-23)37-20-21-8-6-5-7-9-21/h5-17,27,33-34H,3-4,18-20H2,1-2H3/b28-26-. The van der Waals surface area contributed by atoms with Crippen LogP contribution in [0.15, 0.2) is 84.4 Å². The molecule has 37 heavy (non-hydrogen) atoms. The van der Waals surface area contributed by atoms with Crippen LogP contribution >= 0.6 is 0 Å². The fourth-order valence-corrected chi connectivity index (χ4v) is 4.51. The van der Waals surface area contributed by atoms with Crippen molar-refractivity contribution in [3.8, 4) is 11.5 Å². The number of amides is 1. The van der Waals surface area contributed by atoms with E-state index in [1.807, 2.05) is 44.2 Å². The number of hydrogen-bond donors (Lipinski definition) is 2. The Morgan fingerprint density at radius 3 is 2.19 bits per heavy atom. The van der Waals surface area contributed by atoms with Crippen molar-refractivity contribution in [2.24, 2.45) is 0 Å². The number of likely N-dealkylation sites (tertiary alicyclic amines) is 1. The van der Waals surface area contributed by atoms with Gasteiger partial charge in [0, 0.05) is 18.7 Å². The summed E-state index contributed by atoms with van der Waals surface area (Å²) in [7, 11) is 0. The molecular weight excluding hydrogens is 468 g/mol. The molecule has 7 heteroatoms. The highest BCUT2D eigenvalue weighted by atomic mass is 16.5. The lowest BCUT2D eigenvalue weighted by atomic mass is 9.95. The first-order chi connectivity index (χ1) is 17.9. The number of carbonyl (C=O) groups is 2. The van der Waals surface area contributed by atoms with Crippen LogP contribution in [-0.4, -0.2) is 57.9 Å². The van der Waals surface area contributed by atoms with Crippen molar-refractivity contribution >= 4 is 17.4 Å². The third-order valence-corrected chi connectivity index (χ3v) is 6.68. The van der Waals surface area contributed by atoms with E-state index >= 15 is 0 Å². The van der Waals surface area contributed by atoms with Gasteiger partial charge in [0.25, 0.3) is 11.7 Å². The largest absolute Gasteiger partial charge is 0.508 e. The van der Waals surface area contributed by atoms with E-state index in [0.29, 0.717) is 36.6 Å². The maximum absolute atomic E-state index is 13.2. The van der Waals surface area contributed by atoms with E-state index in [0.717, 1.165) is 18.7 Å². The zero-order valence-corrected chi connectivity index (χ0v) is 21.1. The molecule has 3 aromatic rings. The van der Waals surface area contributed by atoms with E-state index in [9.17, 15) is 19.8 Å². The molecule has 1 atom stereocenters. The normalized spacial score (nSPS) is 16.9. The number of aromatic hydroxyl groups is 1. The molecule has 2 N–H and O–H groups in total. The Bertz CT molecular complexity index is 1250. The molecule has 3 aromatic carbocycles. The van der Waals surface area contributed by atoms with Gasteiger partial charge in [-0.1, -0.05) is 56.3 Å². The number of phenolic OH excluding ortho intramolecular Hbond substituents is 1. The number of hydrogen-bond acceptors (Lipinski definition) is 6. The number of aliphatic hydroxyl groups excluding tert-OH is 1. The summed E-state index contributed by atoms with van der Waals surface area (Å²) >= 11 is 0. The number of nitrogens with zero attached hydrogens (tertiary/aromatic N) is 2. The second kappa shape index (κ2) is 11.8. The molecule has 1 unspecified atom stereocenters. The van der Waals surface area contributed by atoms with Gasteiger partial charge in [-0.25, -0.2) is 0 Å². The number of phenols is 1. The molecule has 1 saturated heterocycles. The number of carbonyl (C=O) groups excluding carboxylic acids is 2. The van der Waals surface area contributed by atoms with Gasteiger partial charge in [-0.2, -0.15) is 0 Å². The predicted molar refractivity (Wildman–Crippen MR) is 142 cm³/mol. The Hall–Kier alpha value is -4.10. The summed E-state index contributed by atoms with van der Waals surface area (Å²) in [5.74, 6) is -0.907. The molecule has 0 spiro atoms. The molecule has 1 aliphatic rings. The summed E-state index contributed by atoms with van der Waals surface area (Å²) in [6.45, 7) is 7.07. The fraction of sp³-hybridized carbons (Fsp3) is 0.267. The predicted octanol–water partition coefficient (Wildman–Crippen LogP) is 4.73. The van der Waals surface area contributed by atoms with Gasteiger partial charge < -0.3 is 24.7 Å². The lowest BCUT2D eigenvalue weighted by Gasteiger charge is -2.28. The van der Waals surface area contributed by atoms with Gasteiger partial charge in [-0.05, 0) is 60.6 Å². The van der Waals surface area contributed by atoms with Crippen LogP contribution in [0, 0.1) is 0 Å². The SMILES string of the molecule is CCN(CC)CCN1C(=O)C(=O)/C(=C(\O)c2ccc(OCc3ccccc3)cc2)C1c1ccc(O)cc1. The Morgan fingerprint density at radius 2 is 1.57 bits per heavy atom. The van der Waals surface area contributed by atoms with E-state index < -0.39 is 17.7 Å². The summed E-state index contributed by atoms with van der Waals surface area (Å²) < 4.78 is 5.83. The van der Waals surface area contributed by atoms with Crippen molar-refractivity contribution < 1.29 is 24.5 Å². The van der Waals surface area contributed by atoms with Crippen molar-refractivity contribution in [3.63, 3.8) is 0 Å². The van der Waals surface area contributed by atoms with Crippen LogP contribution in [0.4, 0.5) is 0 Å². The monoisotopic (exact) mass is 500 g/mol. The molecule has 0 aliphatic carbocycles. The van der Waals surface area contributed by atoms with Gasteiger partial charge in [0.2, 0.25) is 0 Å². The lowest BCUT2D eigenvalue weighted by molar-refractivity contribution is -0.140. The lowest BCUT2D eigenvalue weighted by Crippen LogP contribution is -2.38. The summed E-state index contributed by atoms with van der Waals surface area (Å²) in [5, 5.41) is 21.0.